The molecule has 0 spiro atoms. The molecule has 2 aliphatic rings. The molecule has 0 radical (unpaired) electrons. The molecular formula is C24H27F2N3O4. The summed E-state index contributed by atoms with van der Waals surface area (Å²) in [7, 11) is 1.76. The van der Waals surface area contributed by atoms with Crippen molar-refractivity contribution >= 4 is 11.9 Å². The third-order valence-corrected chi connectivity index (χ3v) is 5.36. The lowest BCUT2D eigenvalue weighted by Gasteiger charge is -2.34. The third kappa shape index (κ3) is 5.51. The van der Waals surface area contributed by atoms with E-state index in [0.717, 1.165) is 5.57 Å². The lowest BCUT2D eigenvalue weighted by atomic mass is 10.0. The van der Waals surface area contributed by atoms with E-state index in [-0.39, 0.29) is 18.1 Å². The number of fused-ring (bicyclic) bond motifs is 1. The molecule has 0 bridgehead atoms. The summed E-state index contributed by atoms with van der Waals surface area (Å²) in [5.41, 5.74) is 3.19. The molecule has 0 aliphatic carbocycles. The second-order valence-corrected chi connectivity index (χ2v) is 8.26. The second-order valence-electron chi connectivity index (χ2n) is 8.26. The Morgan fingerprint density at radius 3 is 2.64 bits per heavy atom. The summed E-state index contributed by atoms with van der Waals surface area (Å²) >= 11 is 0. The van der Waals surface area contributed by atoms with Crippen LogP contribution in [0.3, 0.4) is 0 Å². The topological polar surface area (TPSA) is 72.0 Å². The maximum absolute atomic E-state index is 13.1. The van der Waals surface area contributed by atoms with E-state index >= 15 is 0 Å². The van der Waals surface area contributed by atoms with E-state index in [9.17, 15) is 18.4 Å². The number of aromatic nitrogens is 1. The summed E-state index contributed by atoms with van der Waals surface area (Å²) in [5, 5.41) is 0. The first-order valence-corrected chi connectivity index (χ1v) is 10.6. The fourth-order valence-electron chi connectivity index (χ4n) is 3.88. The molecule has 1 unspecified atom stereocenters. The molecule has 1 aromatic heterocycles. The number of halogens is 2. The van der Waals surface area contributed by atoms with E-state index in [1.807, 2.05) is 13.0 Å². The van der Waals surface area contributed by atoms with Gasteiger partial charge in [-0.15, -0.1) is 0 Å². The van der Waals surface area contributed by atoms with Gasteiger partial charge in [0, 0.05) is 42.4 Å². The predicted molar refractivity (Wildman–Crippen MR) is 117 cm³/mol. The Bertz CT molecular complexity index is 1070. The number of ether oxygens (including phenoxy) is 2. The highest BCUT2D eigenvalue weighted by Crippen LogP contribution is 2.31. The van der Waals surface area contributed by atoms with Crippen molar-refractivity contribution < 1.29 is 27.8 Å². The molecule has 0 saturated heterocycles. The van der Waals surface area contributed by atoms with E-state index < -0.39 is 19.0 Å². The molecule has 7 nitrogen and oxygen atoms in total. The Balaban J connectivity index is 1.81. The van der Waals surface area contributed by atoms with Gasteiger partial charge in [0.05, 0.1) is 18.7 Å². The van der Waals surface area contributed by atoms with Gasteiger partial charge in [0.15, 0.2) is 12.5 Å². The monoisotopic (exact) mass is 459 g/mol. The number of hydrogen-bond acceptors (Lipinski definition) is 6. The fourth-order valence-corrected chi connectivity index (χ4v) is 3.88. The molecule has 0 saturated carbocycles. The smallest absolute Gasteiger partial charge is 0.385 e. The molecule has 0 aromatic carbocycles. The van der Waals surface area contributed by atoms with Crippen molar-refractivity contribution in [3.8, 4) is 11.8 Å². The normalized spacial score (nSPS) is 16.5. The minimum absolute atomic E-state index is 0.155. The molecule has 9 heteroatoms. The molecular weight excluding hydrogens is 432 g/mol. The van der Waals surface area contributed by atoms with Crippen LogP contribution in [0.1, 0.15) is 49.3 Å². The van der Waals surface area contributed by atoms with Crippen LogP contribution in [0.4, 0.5) is 8.78 Å². The first kappa shape index (κ1) is 24.2. The van der Waals surface area contributed by atoms with Crippen molar-refractivity contribution in [3.05, 3.63) is 52.2 Å². The molecule has 2 aliphatic heterocycles. The number of esters is 1. The number of pyridine rings is 1. The van der Waals surface area contributed by atoms with Crippen LogP contribution in [0.15, 0.2) is 35.4 Å². The van der Waals surface area contributed by atoms with Crippen molar-refractivity contribution in [3.63, 3.8) is 0 Å². The third-order valence-electron chi connectivity index (χ3n) is 5.36. The Morgan fingerprint density at radius 2 is 2.00 bits per heavy atom. The molecule has 0 N–H and O–H groups in total. The highest BCUT2D eigenvalue weighted by molar-refractivity contribution is 5.99. The van der Waals surface area contributed by atoms with Crippen LogP contribution >= 0.6 is 0 Å². The Morgan fingerprint density at radius 1 is 1.27 bits per heavy atom. The van der Waals surface area contributed by atoms with Crippen LogP contribution < -0.4 is 0 Å². The average Bonchev–Trinajstić information content (AvgIpc) is 3.07. The zero-order valence-electron chi connectivity index (χ0n) is 19.3. The molecule has 1 amide bonds. The van der Waals surface area contributed by atoms with Crippen molar-refractivity contribution in [1.82, 2.24) is 14.8 Å². The summed E-state index contributed by atoms with van der Waals surface area (Å²) in [6, 6.07) is 1.39. The second kappa shape index (κ2) is 10.0. The Hall–Kier alpha value is -3.41. The first-order valence-electron chi connectivity index (χ1n) is 10.6. The Kier molecular flexibility index (Phi) is 7.36. The number of amides is 1. The average molecular weight is 459 g/mol. The number of likely N-dealkylation sites (N-methyl/N-ethyl adjacent to an activating group) is 1. The van der Waals surface area contributed by atoms with E-state index in [2.05, 4.69) is 16.8 Å². The number of carbonyl (C=O) groups is 2. The number of alkyl halides is 2. The van der Waals surface area contributed by atoms with E-state index in [1.165, 1.54) is 6.20 Å². The van der Waals surface area contributed by atoms with E-state index in [1.54, 1.807) is 43.7 Å². The van der Waals surface area contributed by atoms with Gasteiger partial charge in [-0.1, -0.05) is 6.08 Å². The van der Waals surface area contributed by atoms with E-state index in [4.69, 9.17) is 9.47 Å². The Labute approximate surface area is 192 Å². The lowest BCUT2D eigenvalue weighted by Crippen LogP contribution is -2.39. The predicted octanol–water partition coefficient (Wildman–Crippen LogP) is 3.11. The highest BCUT2D eigenvalue weighted by Gasteiger charge is 2.35. The maximum Gasteiger partial charge on any atom is 0.385 e. The zero-order valence-corrected chi connectivity index (χ0v) is 19.3. The van der Waals surface area contributed by atoms with Gasteiger partial charge in [-0.25, -0.2) is 18.6 Å². The van der Waals surface area contributed by atoms with Gasteiger partial charge in [-0.05, 0) is 45.3 Å². The summed E-state index contributed by atoms with van der Waals surface area (Å²) in [5.74, 6) is 4.75. The standard InChI is InChI=1S/C24H27F2N3O4/c1-14(2)33-22(30)7-6-20-19-12-29(23(31)18(19)8-9-27-20)16(4)17-10-15(3)24(28(5)11-17)32-13-21(25)26/h8-10,14,16,21H,11-13H2,1-5H3. The van der Waals surface area contributed by atoms with Crippen LogP contribution in [0.5, 0.6) is 0 Å². The van der Waals surface area contributed by atoms with Crippen LogP contribution in [-0.2, 0) is 20.8 Å². The van der Waals surface area contributed by atoms with Gasteiger partial charge in [0.25, 0.3) is 12.3 Å². The molecule has 33 heavy (non-hydrogen) atoms. The number of allylic oxidation sites excluding steroid dienone is 2. The minimum atomic E-state index is -2.55. The summed E-state index contributed by atoms with van der Waals surface area (Å²) in [4.78, 5) is 32.6. The number of hydrogen-bond donors (Lipinski definition) is 0. The van der Waals surface area contributed by atoms with Gasteiger partial charge in [-0.3, -0.25) is 4.79 Å². The largest absolute Gasteiger partial charge is 0.473 e. The SMILES string of the molecule is CC1=C(OCC(F)F)N(C)CC(C(C)N2Cc3c(ccnc3C#CC(=O)OC(C)C)C2=O)=C1. The van der Waals surface area contributed by atoms with Gasteiger partial charge in [0.1, 0.15) is 5.69 Å². The molecule has 0 fully saturated rings. The number of carbonyl (C=O) groups excluding carboxylic acids is 2. The fraction of sp³-hybridized carbons (Fsp3) is 0.458. The number of nitrogens with zero attached hydrogens (tertiary/aromatic N) is 3. The van der Waals surface area contributed by atoms with Crippen LogP contribution in [0, 0.1) is 11.8 Å². The van der Waals surface area contributed by atoms with E-state index in [0.29, 0.717) is 41.4 Å². The van der Waals surface area contributed by atoms with Crippen molar-refractivity contribution in [2.75, 3.05) is 20.2 Å². The van der Waals surface area contributed by atoms with Crippen LogP contribution in [0.2, 0.25) is 0 Å². The summed E-state index contributed by atoms with van der Waals surface area (Å²) < 4.78 is 35.4. The van der Waals surface area contributed by atoms with Crippen molar-refractivity contribution in [1.29, 1.82) is 0 Å². The summed E-state index contributed by atoms with van der Waals surface area (Å²) in [6.45, 7) is 7.24. The van der Waals surface area contributed by atoms with Crippen LogP contribution in [0.25, 0.3) is 0 Å². The maximum atomic E-state index is 13.1. The van der Waals surface area contributed by atoms with Crippen molar-refractivity contribution in [2.24, 2.45) is 0 Å². The number of rotatable bonds is 6. The molecule has 3 rings (SSSR count). The van der Waals surface area contributed by atoms with Gasteiger partial charge in [-0.2, -0.15) is 0 Å². The van der Waals surface area contributed by atoms with Gasteiger partial charge >= 0.3 is 5.97 Å². The molecule has 1 atom stereocenters. The first-order chi connectivity index (χ1) is 15.6. The van der Waals surface area contributed by atoms with Crippen LogP contribution in [-0.4, -0.2) is 65.4 Å². The summed E-state index contributed by atoms with van der Waals surface area (Å²) in [6.07, 6.45) is 0.542. The lowest BCUT2D eigenvalue weighted by molar-refractivity contribution is -0.140. The highest BCUT2D eigenvalue weighted by atomic mass is 19.3. The zero-order chi connectivity index (χ0) is 24.3. The van der Waals surface area contributed by atoms with Gasteiger partial charge in [0.2, 0.25) is 0 Å². The molecule has 176 valence electrons. The molecule has 3 heterocycles. The van der Waals surface area contributed by atoms with Crippen molar-refractivity contribution in [2.45, 2.75) is 52.8 Å². The minimum Gasteiger partial charge on any atom is -0.473 e. The quantitative estimate of drug-likeness (QED) is 0.481. The van der Waals surface area contributed by atoms with Gasteiger partial charge < -0.3 is 19.3 Å². The molecule has 1 aromatic rings.